The molecule has 0 aromatic heterocycles. The molecular formula is C24H26Cl2N4O4S. The number of piperazine rings is 1. The molecular weight excluding hydrogens is 511 g/mol. The highest BCUT2D eigenvalue weighted by Gasteiger charge is 2.39. The molecule has 2 aromatic carbocycles. The Balaban J connectivity index is 1.48. The van der Waals surface area contributed by atoms with E-state index in [1.54, 1.807) is 40.1 Å². The summed E-state index contributed by atoms with van der Waals surface area (Å²) in [4.78, 5) is 16.8. The van der Waals surface area contributed by atoms with Crippen LogP contribution in [0, 0.1) is 17.2 Å². The predicted molar refractivity (Wildman–Crippen MR) is 134 cm³/mol. The van der Waals surface area contributed by atoms with Crippen LogP contribution in [0.2, 0.25) is 10.0 Å². The second-order valence-corrected chi connectivity index (χ2v) is 11.6. The van der Waals surface area contributed by atoms with Gasteiger partial charge in [0, 0.05) is 51.1 Å². The van der Waals surface area contributed by atoms with Gasteiger partial charge < -0.3 is 14.5 Å². The lowest BCUT2D eigenvalue weighted by atomic mass is 9.89. The van der Waals surface area contributed by atoms with Gasteiger partial charge >= 0.3 is 6.03 Å². The number of hydrogen-bond donors (Lipinski definition) is 0. The van der Waals surface area contributed by atoms with E-state index in [0.29, 0.717) is 67.2 Å². The first kappa shape index (κ1) is 25.6. The van der Waals surface area contributed by atoms with Gasteiger partial charge in [0.15, 0.2) is 0 Å². The van der Waals surface area contributed by atoms with E-state index in [1.165, 1.54) is 10.6 Å². The van der Waals surface area contributed by atoms with Crippen LogP contribution in [-0.4, -0.2) is 80.7 Å². The van der Waals surface area contributed by atoms with Gasteiger partial charge in [-0.15, -0.1) is 0 Å². The quantitative estimate of drug-likeness (QED) is 0.581. The van der Waals surface area contributed by atoms with E-state index in [1.807, 2.05) is 12.1 Å². The summed E-state index contributed by atoms with van der Waals surface area (Å²) in [7, 11) is -3.27. The fourth-order valence-electron chi connectivity index (χ4n) is 4.56. The van der Waals surface area contributed by atoms with E-state index in [0.717, 1.165) is 5.56 Å². The summed E-state index contributed by atoms with van der Waals surface area (Å²) in [5.74, 6) is 0.645. The zero-order chi connectivity index (χ0) is 25.2. The summed E-state index contributed by atoms with van der Waals surface area (Å²) in [6.45, 7) is 2.65. The van der Waals surface area contributed by atoms with Crippen molar-refractivity contribution in [3.8, 4) is 11.8 Å². The van der Waals surface area contributed by atoms with Gasteiger partial charge in [0.25, 0.3) is 0 Å². The summed E-state index contributed by atoms with van der Waals surface area (Å²) in [5.41, 5.74) is 1.53. The van der Waals surface area contributed by atoms with E-state index in [2.05, 4.69) is 6.07 Å². The van der Waals surface area contributed by atoms with Crippen molar-refractivity contribution >= 4 is 39.3 Å². The molecule has 0 N–H and O–H groups in total. The minimum Gasteiger partial charge on any atom is -0.493 e. The Morgan fingerprint density at radius 1 is 1.03 bits per heavy atom. The summed E-state index contributed by atoms with van der Waals surface area (Å²) < 4.78 is 31.0. The second-order valence-electron chi connectivity index (χ2n) is 8.82. The monoisotopic (exact) mass is 536 g/mol. The smallest absolute Gasteiger partial charge is 0.320 e. The van der Waals surface area contributed by atoms with Crippen LogP contribution in [-0.2, 0) is 10.0 Å². The van der Waals surface area contributed by atoms with Crippen molar-refractivity contribution in [1.82, 2.24) is 14.1 Å². The average Bonchev–Trinajstić information content (AvgIpc) is 3.28. The Bertz CT molecular complexity index is 1230. The minimum absolute atomic E-state index is 0.00384. The van der Waals surface area contributed by atoms with Gasteiger partial charge in [-0.25, -0.2) is 13.2 Å². The first-order valence-corrected chi connectivity index (χ1v) is 13.8. The van der Waals surface area contributed by atoms with E-state index in [-0.39, 0.29) is 17.9 Å². The third-order valence-corrected chi connectivity index (χ3v) is 8.55. The van der Waals surface area contributed by atoms with Crippen molar-refractivity contribution in [1.29, 1.82) is 5.26 Å². The van der Waals surface area contributed by atoms with E-state index >= 15 is 0 Å². The van der Waals surface area contributed by atoms with Crippen molar-refractivity contribution in [3.05, 3.63) is 63.6 Å². The van der Waals surface area contributed by atoms with Crippen LogP contribution in [0.1, 0.15) is 17.0 Å². The van der Waals surface area contributed by atoms with E-state index < -0.39 is 10.0 Å². The molecule has 2 aromatic rings. The molecule has 0 unspecified atom stereocenters. The molecule has 2 aliphatic heterocycles. The van der Waals surface area contributed by atoms with Crippen molar-refractivity contribution < 1.29 is 17.9 Å². The Labute approximate surface area is 215 Å². The van der Waals surface area contributed by atoms with Gasteiger partial charge in [0.1, 0.15) is 5.75 Å². The number of likely N-dealkylation sites (tertiary alicyclic amines) is 1. The molecule has 186 valence electrons. The molecule has 2 amide bonds. The summed E-state index contributed by atoms with van der Waals surface area (Å²) in [5, 5.41) is 9.92. The number of benzene rings is 2. The Morgan fingerprint density at radius 2 is 1.71 bits per heavy atom. The largest absolute Gasteiger partial charge is 0.493 e. The van der Waals surface area contributed by atoms with Crippen molar-refractivity contribution in [3.63, 3.8) is 0 Å². The molecule has 2 heterocycles. The summed E-state index contributed by atoms with van der Waals surface area (Å²) in [6, 6.07) is 14.4. The van der Waals surface area contributed by atoms with Gasteiger partial charge in [0.2, 0.25) is 10.0 Å². The Morgan fingerprint density at radius 3 is 2.31 bits per heavy atom. The van der Waals surface area contributed by atoms with E-state index in [9.17, 15) is 13.2 Å². The molecule has 4 rings (SSSR count). The SMILES string of the molecule is CS(=O)(=O)N1CCN(C(=O)N2C[C@@H](COc3ccc(C#N)cc3)[C@@H](c3ccc(Cl)c(Cl)c3)C2)CC1. The Kier molecular flexibility index (Phi) is 7.77. The highest BCUT2D eigenvalue weighted by atomic mass is 35.5. The van der Waals surface area contributed by atoms with E-state index in [4.69, 9.17) is 33.2 Å². The fourth-order valence-corrected chi connectivity index (χ4v) is 5.69. The number of carbonyl (C=O) groups excluding carboxylic acids is 1. The lowest BCUT2D eigenvalue weighted by Gasteiger charge is -2.35. The molecule has 0 aliphatic carbocycles. The highest BCUT2D eigenvalue weighted by molar-refractivity contribution is 7.88. The molecule has 2 aliphatic rings. The number of halogens is 2. The molecule has 2 atom stereocenters. The normalized spacial score (nSPS) is 21.1. The van der Waals surface area contributed by atoms with Gasteiger partial charge in [-0.2, -0.15) is 9.57 Å². The number of amides is 2. The standard InChI is InChI=1S/C24H26Cl2N4O4S/c1-35(32,33)30-10-8-28(9-11-30)24(31)29-14-19(16-34-20-5-2-17(13-27)3-6-20)21(15-29)18-4-7-22(25)23(26)12-18/h2-7,12,19,21H,8-11,14-16H2,1H3/t19-,21+/m0/s1. The predicted octanol–water partition coefficient (Wildman–Crippen LogP) is 3.66. The zero-order valence-electron chi connectivity index (χ0n) is 19.2. The first-order chi connectivity index (χ1) is 16.7. The van der Waals surface area contributed by atoms with Crippen LogP contribution in [0.15, 0.2) is 42.5 Å². The maximum absolute atomic E-state index is 13.3. The maximum atomic E-state index is 13.3. The molecule has 2 saturated heterocycles. The number of nitrogens with zero attached hydrogens (tertiary/aromatic N) is 4. The van der Waals surface area contributed by atoms with Crippen LogP contribution in [0.4, 0.5) is 4.79 Å². The third-order valence-electron chi connectivity index (χ3n) is 6.51. The maximum Gasteiger partial charge on any atom is 0.320 e. The molecule has 2 fully saturated rings. The van der Waals surface area contributed by atoms with Gasteiger partial charge in [-0.1, -0.05) is 29.3 Å². The van der Waals surface area contributed by atoms with Crippen molar-refractivity contribution in [2.45, 2.75) is 5.92 Å². The lowest BCUT2D eigenvalue weighted by molar-refractivity contribution is 0.139. The zero-order valence-corrected chi connectivity index (χ0v) is 21.6. The molecule has 0 bridgehead atoms. The second kappa shape index (κ2) is 10.6. The number of rotatable bonds is 5. The lowest BCUT2D eigenvalue weighted by Crippen LogP contribution is -2.53. The van der Waals surface area contributed by atoms with Gasteiger partial charge in [0.05, 0.1) is 34.5 Å². The molecule has 35 heavy (non-hydrogen) atoms. The van der Waals surface area contributed by atoms with Crippen LogP contribution in [0.3, 0.4) is 0 Å². The summed E-state index contributed by atoms with van der Waals surface area (Å²) in [6.07, 6.45) is 1.19. The first-order valence-electron chi connectivity index (χ1n) is 11.2. The van der Waals surface area contributed by atoms with Crippen LogP contribution >= 0.6 is 23.2 Å². The number of hydrogen-bond acceptors (Lipinski definition) is 5. The van der Waals surface area contributed by atoms with Crippen molar-refractivity contribution in [2.75, 3.05) is 52.1 Å². The fraction of sp³-hybridized carbons (Fsp3) is 0.417. The van der Waals surface area contributed by atoms with Crippen LogP contribution in [0.5, 0.6) is 5.75 Å². The third kappa shape index (κ3) is 6.01. The number of nitriles is 1. The van der Waals surface area contributed by atoms with Gasteiger partial charge in [-0.05, 0) is 42.0 Å². The van der Waals surface area contributed by atoms with Crippen molar-refractivity contribution in [2.24, 2.45) is 5.92 Å². The summed E-state index contributed by atoms with van der Waals surface area (Å²) >= 11 is 12.4. The molecule has 0 saturated carbocycles. The van der Waals surface area contributed by atoms with Gasteiger partial charge in [-0.3, -0.25) is 0 Å². The highest BCUT2D eigenvalue weighted by Crippen LogP contribution is 2.36. The average molecular weight is 537 g/mol. The molecule has 0 spiro atoms. The topological polar surface area (TPSA) is 94.0 Å². The molecule has 8 nitrogen and oxygen atoms in total. The molecule has 0 radical (unpaired) electrons. The minimum atomic E-state index is -3.27. The molecule has 11 heteroatoms. The number of sulfonamides is 1. The van der Waals surface area contributed by atoms with Crippen LogP contribution < -0.4 is 4.74 Å². The Hall–Kier alpha value is -2.51. The van der Waals surface area contributed by atoms with Crippen LogP contribution in [0.25, 0.3) is 0 Å². The number of carbonyl (C=O) groups is 1. The number of ether oxygens (including phenoxy) is 1. The number of urea groups is 1.